The Labute approximate surface area is 121 Å². The van der Waals surface area contributed by atoms with Gasteiger partial charge in [-0.2, -0.15) is 0 Å². The molecule has 4 nitrogen and oxygen atoms in total. The molecule has 0 atom stereocenters. The second kappa shape index (κ2) is 7.40. The third kappa shape index (κ3) is 4.57. The molecule has 1 N–H and O–H groups in total. The smallest absolute Gasteiger partial charge is 0.336 e. The number of halogens is 1. The van der Waals surface area contributed by atoms with Crippen LogP contribution in [0, 0.1) is 5.82 Å². The van der Waals surface area contributed by atoms with Crippen LogP contribution in [0.1, 0.15) is 15.9 Å². The molecule has 0 aromatic heterocycles. The van der Waals surface area contributed by atoms with E-state index < -0.39 is 11.8 Å². The SMILES string of the molecule is O=C(O)c1cc(F)ccc1COCCOc1ccccc1. The molecule has 0 amide bonds. The van der Waals surface area contributed by atoms with Crippen molar-refractivity contribution in [1.82, 2.24) is 0 Å². The Bertz CT molecular complexity index is 598. The summed E-state index contributed by atoms with van der Waals surface area (Å²) < 4.78 is 23.8. The molecule has 0 saturated carbocycles. The predicted molar refractivity (Wildman–Crippen MR) is 75.0 cm³/mol. The number of carboxylic acid groups (broad SMARTS) is 1. The van der Waals surface area contributed by atoms with Crippen molar-refractivity contribution >= 4 is 5.97 Å². The summed E-state index contributed by atoms with van der Waals surface area (Å²) >= 11 is 0. The molecule has 0 fully saturated rings. The molecule has 0 unspecified atom stereocenters. The summed E-state index contributed by atoms with van der Waals surface area (Å²) in [5.74, 6) is -1.01. The Morgan fingerprint density at radius 3 is 2.57 bits per heavy atom. The minimum absolute atomic E-state index is 0.0843. The van der Waals surface area contributed by atoms with Gasteiger partial charge in [0.1, 0.15) is 18.2 Å². The van der Waals surface area contributed by atoms with Gasteiger partial charge in [-0.1, -0.05) is 24.3 Å². The Kier molecular flexibility index (Phi) is 5.29. The van der Waals surface area contributed by atoms with Crippen LogP contribution >= 0.6 is 0 Å². The van der Waals surface area contributed by atoms with E-state index in [1.807, 2.05) is 30.3 Å². The number of rotatable bonds is 7. The van der Waals surface area contributed by atoms with Gasteiger partial charge in [0.2, 0.25) is 0 Å². The lowest BCUT2D eigenvalue weighted by atomic mass is 10.1. The topological polar surface area (TPSA) is 55.8 Å². The van der Waals surface area contributed by atoms with Crippen LogP contribution in [0.5, 0.6) is 5.75 Å². The molecule has 110 valence electrons. The third-order valence-electron chi connectivity index (χ3n) is 2.80. The number of carboxylic acids is 1. The minimum Gasteiger partial charge on any atom is -0.491 e. The van der Waals surface area contributed by atoms with Gasteiger partial charge >= 0.3 is 5.97 Å². The molecule has 5 heteroatoms. The maximum Gasteiger partial charge on any atom is 0.336 e. The van der Waals surface area contributed by atoms with E-state index in [2.05, 4.69) is 0 Å². The summed E-state index contributed by atoms with van der Waals surface area (Å²) in [4.78, 5) is 11.0. The molecule has 0 radical (unpaired) electrons. The van der Waals surface area contributed by atoms with E-state index in [-0.39, 0.29) is 12.2 Å². The zero-order valence-corrected chi connectivity index (χ0v) is 11.3. The van der Waals surface area contributed by atoms with Crippen LogP contribution in [0.3, 0.4) is 0 Å². The monoisotopic (exact) mass is 290 g/mol. The van der Waals surface area contributed by atoms with Gasteiger partial charge in [-0.25, -0.2) is 9.18 Å². The van der Waals surface area contributed by atoms with E-state index >= 15 is 0 Å². The Morgan fingerprint density at radius 2 is 1.86 bits per heavy atom. The van der Waals surface area contributed by atoms with Crippen LogP contribution in [0.4, 0.5) is 4.39 Å². The number of carbonyl (C=O) groups is 1. The van der Waals surface area contributed by atoms with Crippen LogP contribution < -0.4 is 4.74 Å². The average molecular weight is 290 g/mol. The second-order valence-electron chi connectivity index (χ2n) is 4.32. The minimum atomic E-state index is -1.17. The number of hydrogen-bond donors (Lipinski definition) is 1. The number of aromatic carboxylic acids is 1. The summed E-state index contributed by atoms with van der Waals surface area (Å²) in [6, 6.07) is 12.9. The highest BCUT2D eigenvalue weighted by molar-refractivity contribution is 5.89. The molecular weight excluding hydrogens is 275 g/mol. The molecule has 2 aromatic carbocycles. The fraction of sp³-hybridized carbons (Fsp3) is 0.188. The highest BCUT2D eigenvalue weighted by Crippen LogP contribution is 2.13. The van der Waals surface area contributed by atoms with Gasteiger partial charge in [-0.05, 0) is 29.8 Å². The van der Waals surface area contributed by atoms with E-state index in [0.29, 0.717) is 18.8 Å². The lowest BCUT2D eigenvalue weighted by Gasteiger charge is -2.09. The molecule has 0 saturated heterocycles. The van der Waals surface area contributed by atoms with Gasteiger partial charge in [-0.15, -0.1) is 0 Å². The molecule has 0 aliphatic rings. The van der Waals surface area contributed by atoms with Crippen molar-refractivity contribution in [3.63, 3.8) is 0 Å². The average Bonchev–Trinajstić information content (AvgIpc) is 2.49. The maximum absolute atomic E-state index is 13.0. The summed E-state index contributed by atoms with van der Waals surface area (Å²) in [5, 5.41) is 8.99. The van der Waals surface area contributed by atoms with Crippen molar-refractivity contribution in [2.75, 3.05) is 13.2 Å². The van der Waals surface area contributed by atoms with E-state index in [1.54, 1.807) is 0 Å². The van der Waals surface area contributed by atoms with E-state index in [0.717, 1.165) is 11.8 Å². The number of ether oxygens (including phenoxy) is 2. The first-order valence-corrected chi connectivity index (χ1v) is 6.44. The summed E-state index contributed by atoms with van der Waals surface area (Å²) in [7, 11) is 0. The van der Waals surface area contributed by atoms with Crippen molar-refractivity contribution in [1.29, 1.82) is 0 Å². The number of hydrogen-bond acceptors (Lipinski definition) is 3. The van der Waals surface area contributed by atoms with E-state index in [1.165, 1.54) is 12.1 Å². The van der Waals surface area contributed by atoms with Crippen LogP contribution in [0.2, 0.25) is 0 Å². The maximum atomic E-state index is 13.0. The molecular formula is C16H15FO4. The van der Waals surface area contributed by atoms with Gasteiger partial charge < -0.3 is 14.6 Å². The van der Waals surface area contributed by atoms with Crippen LogP contribution in [0.15, 0.2) is 48.5 Å². The Balaban J connectivity index is 1.80. The Hall–Kier alpha value is -2.40. The molecule has 0 aliphatic heterocycles. The lowest BCUT2D eigenvalue weighted by Crippen LogP contribution is -2.09. The van der Waals surface area contributed by atoms with Crippen molar-refractivity contribution in [2.45, 2.75) is 6.61 Å². The molecule has 21 heavy (non-hydrogen) atoms. The molecule has 0 bridgehead atoms. The second-order valence-corrected chi connectivity index (χ2v) is 4.32. The van der Waals surface area contributed by atoms with Crippen LogP contribution in [-0.2, 0) is 11.3 Å². The highest BCUT2D eigenvalue weighted by Gasteiger charge is 2.11. The predicted octanol–water partition coefficient (Wildman–Crippen LogP) is 3.12. The van der Waals surface area contributed by atoms with Crippen molar-refractivity contribution in [2.24, 2.45) is 0 Å². The standard InChI is InChI=1S/C16H15FO4/c17-13-7-6-12(15(10-13)16(18)19)11-20-8-9-21-14-4-2-1-3-5-14/h1-7,10H,8-9,11H2,(H,18,19). The van der Waals surface area contributed by atoms with Crippen LogP contribution in [0.25, 0.3) is 0 Å². The molecule has 0 heterocycles. The quantitative estimate of drug-likeness (QED) is 0.796. The van der Waals surface area contributed by atoms with Gasteiger partial charge in [-0.3, -0.25) is 0 Å². The van der Waals surface area contributed by atoms with Crippen LogP contribution in [-0.4, -0.2) is 24.3 Å². The fourth-order valence-corrected chi connectivity index (χ4v) is 1.79. The van der Waals surface area contributed by atoms with E-state index in [9.17, 15) is 9.18 Å². The van der Waals surface area contributed by atoms with Gasteiger partial charge in [0, 0.05) is 0 Å². The third-order valence-corrected chi connectivity index (χ3v) is 2.80. The lowest BCUT2D eigenvalue weighted by molar-refractivity contribution is 0.0678. The van der Waals surface area contributed by atoms with Crippen molar-refractivity contribution in [3.8, 4) is 5.75 Å². The van der Waals surface area contributed by atoms with Crippen molar-refractivity contribution < 1.29 is 23.8 Å². The first-order valence-electron chi connectivity index (χ1n) is 6.44. The van der Waals surface area contributed by atoms with Gasteiger partial charge in [0.15, 0.2) is 0 Å². The Morgan fingerprint density at radius 1 is 1.10 bits per heavy atom. The zero-order valence-electron chi connectivity index (χ0n) is 11.3. The zero-order chi connectivity index (χ0) is 15.1. The molecule has 2 rings (SSSR count). The first-order chi connectivity index (χ1) is 10.2. The summed E-state index contributed by atoms with van der Waals surface area (Å²) in [6.07, 6.45) is 0. The fourth-order valence-electron chi connectivity index (χ4n) is 1.79. The number of benzene rings is 2. The van der Waals surface area contributed by atoms with Gasteiger partial charge in [0.25, 0.3) is 0 Å². The highest BCUT2D eigenvalue weighted by atomic mass is 19.1. The molecule has 0 aliphatic carbocycles. The summed E-state index contributed by atoms with van der Waals surface area (Å²) in [5.41, 5.74) is 0.350. The van der Waals surface area contributed by atoms with E-state index in [4.69, 9.17) is 14.6 Å². The first kappa shape index (κ1) is 15.0. The van der Waals surface area contributed by atoms with Gasteiger partial charge in [0.05, 0.1) is 18.8 Å². The molecule has 2 aromatic rings. The normalized spacial score (nSPS) is 10.3. The summed E-state index contributed by atoms with van der Waals surface area (Å²) in [6.45, 7) is 0.763. The largest absolute Gasteiger partial charge is 0.491 e. The molecule has 0 spiro atoms. The van der Waals surface area contributed by atoms with Crippen molar-refractivity contribution in [3.05, 3.63) is 65.5 Å². The number of para-hydroxylation sites is 1.